The number of rotatable bonds is 0. The van der Waals surface area contributed by atoms with Crippen molar-refractivity contribution in [2.75, 3.05) is 6.61 Å². The highest BCUT2D eigenvalue weighted by atomic mass is 35.5. The van der Waals surface area contributed by atoms with Crippen LogP contribution in [0.15, 0.2) is 12.3 Å². The number of fused-ring (bicyclic) bond motifs is 3. The first-order valence-electron chi connectivity index (χ1n) is 7.27. The third-order valence-corrected chi connectivity index (χ3v) is 4.12. The SMILES string of the molecule is O=C1CCc2cn(nn2)CCOC(=O)c2c(O)cc(O)c(Cl)c2C1. The second-order valence-electron chi connectivity index (χ2n) is 5.41. The third-order valence-electron chi connectivity index (χ3n) is 3.70. The van der Waals surface area contributed by atoms with E-state index in [1.807, 2.05) is 0 Å². The van der Waals surface area contributed by atoms with Crippen molar-refractivity contribution in [3.05, 3.63) is 34.1 Å². The summed E-state index contributed by atoms with van der Waals surface area (Å²) in [7, 11) is 0. The maximum absolute atomic E-state index is 12.3. The van der Waals surface area contributed by atoms with Crippen molar-refractivity contribution >= 4 is 23.4 Å². The summed E-state index contributed by atoms with van der Waals surface area (Å²) < 4.78 is 6.63. The highest BCUT2D eigenvalue weighted by Gasteiger charge is 2.25. The molecule has 1 aromatic heterocycles. The maximum Gasteiger partial charge on any atom is 0.342 e. The number of phenolic OH excluding ortho intramolecular Hbond substituents is 2. The van der Waals surface area contributed by atoms with Gasteiger partial charge in [-0.2, -0.15) is 0 Å². The molecule has 24 heavy (non-hydrogen) atoms. The molecule has 1 aliphatic rings. The van der Waals surface area contributed by atoms with Crippen LogP contribution in [0.4, 0.5) is 0 Å². The van der Waals surface area contributed by atoms with Gasteiger partial charge in [-0.25, -0.2) is 9.48 Å². The number of hydrogen-bond donors (Lipinski definition) is 2. The highest BCUT2D eigenvalue weighted by Crippen LogP contribution is 2.37. The first-order chi connectivity index (χ1) is 11.5. The van der Waals surface area contributed by atoms with Gasteiger partial charge in [-0.1, -0.05) is 16.8 Å². The standard InChI is InChI=1S/C15H14ClN3O5/c16-14-10-5-9(20)2-1-8-7-19(18-17-8)3-4-24-15(23)13(10)11(21)6-12(14)22/h6-7,21-22H,1-5H2. The van der Waals surface area contributed by atoms with Gasteiger partial charge in [0, 0.05) is 37.1 Å². The molecule has 2 heterocycles. The average molecular weight is 352 g/mol. The van der Waals surface area contributed by atoms with Crippen molar-refractivity contribution in [2.24, 2.45) is 0 Å². The van der Waals surface area contributed by atoms with Crippen molar-refractivity contribution in [1.29, 1.82) is 0 Å². The second-order valence-corrected chi connectivity index (χ2v) is 5.78. The monoisotopic (exact) mass is 351 g/mol. The maximum atomic E-state index is 12.3. The number of hydrogen-bond acceptors (Lipinski definition) is 7. The van der Waals surface area contributed by atoms with Gasteiger partial charge in [0.25, 0.3) is 0 Å². The van der Waals surface area contributed by atoms with Crippen molar-refractivity contribution in [3.8, 4) is 11.5 Å². The lowest BCUT2D eigenvalue weighted by atomic mass is 9.98. The number of aromatic nitrogens is 3. The number of halogens is 1. The summed E-state index contributed by atoms with van der Waals surface area (Å²) in [6.07, 6.45) is 2.03. The summed E-state index contributed by atoms with van der Waals surface area (Å²) in [6, 6.07) is 0.953. The highest BCUT2D eigenvalue weighted by molar-refractivity contribution is 6.33. The minimum Gasteiger partial charge on any atom is -0.507 e. The number of aromatic hydroxyl groups is 2. The predicted molar refractivity (Wildman–Crippen MR) is 82.1 cm³/mol. The number of cyclic esters (lactones) is 1. The smallest absolute Gasteiger partial charge is 0.342 e. The lowest BCUT2D eigenvalue weighted by Gasteiger charge is -2.14. The van der Waals surface area contributed by atoms with Crippen molar-refractivity contribution < 1.29 is 24.5 Å². The quantitative estimate of drug-likeness (QED) is 0.686. The minimum atomic E-state index is -0.822. The number of benzene rings is 1. The van der Waals surface area contributed by atoms with Crippen LogP contribution in [0.1, 0.15) is 28.0 Å². The first-order valence-corrected chi connectivity index (χ1v) is 7.64. The van der Waals surface area contributed by atoms with Crippen LogP contribution in [0.5, 0.6) is 11.5 Å². The molecule has 0 spiro atoms. The zero-order valence-corrected chi connectivity index (χ0v) is 13.3. The van der Waals surface area contributed by atoms with Crippen LogP contribution < -0.4 is 0 Å². The summed E-state index contributed by atoms with van der Waals surface area (Å²) >= 11 is 6.03. The molecule has 126 valence electrons. The minimum absolute atomic E-state index is 0.00690. The van der Waals surface area contributed by atoms with E-state index in [-0.39, 0.29) is 47.9 Å². The molecular weight excluding hydrogens is 338 g/mol. The summed E-state index contributed by atoms with van der Waals surface area (Å²) in [5, 5.41) is 27.4. The molecule has 0 atom stereocenters. The second kappa shape index (κ2) is 6.48. The van der Waals surface area contributed by atoms with Gasteiger partial charge >= 0.3 is 5.97 Å². The zero-order valence-electron chi connectivity index (χ0n) is 12.5. The topological polar surface area (TPSA) is 115 Å². The van der Waals surface area contributed by atoms with Crippen LogP contribution in [-0.2, 0) is 28.9 Å². The summed E-state index contributed by atoms with van der Waals surface area (Å²) in [5.41, 5.74) is 0.507. The number of carbonyl (C=O) groups is 2. The Kier molecular flexibility index (Phi) is 4.39. The molecule has 0 saturated heterocycles. The van der Waals surface area contributed by atoms with Gasteiger partial charge < -0.3 is 14.9 Å². The van der Waals surface area contributed by atoms with Gasteiger partial charge in [0.2, 0.25) is 0 Å². The fourth-order valence-corrected chi connectivity index (χ4v) is 2.71. The van der Waals surface area contributed by atoms with Crippen molar-refractivity contribution in [2.45, 2.75) is 25.8 Å². The number of Topliss-reactive ketones (excluding diaryl/α,β-unsaturated/α-hetero) is 1. The average Bonchev–Trinajstić information content (AvgIpc) is 2.97. The Bertz CT molecular complexity index is 818. The van der Waals surface area contributed by atoms with Crippen LogP contribution >= 0.6 is 11.6 Å². The molecule has 0 amide bonds. The Hall–Kier alpha value is -2.61. The molecule has 0 aliphatic carbocycles. The number of esters is 1. The van der Waals surface area contributed by atoms with Crippen LogP contribution in [0.25, 0.3) is 0 Å². The van der Waals surface area contributed by atoms with Crippen molar-refractivity contribution in [3.63, 3.8) is 0 Å². The van der Waals surface area contributed by atoms with Crippen LogP contribution in [0, 0.1) is 0 Å². The van der Waals surface area contributed by atoms with E-state index in [0.29, 0.717) is 12.1 Å². The number of nitrogens with zero attached hydrogens (tertiary/aromatic N) is 3. The molecule has 0 fully saturated rings. The van der Waals surface area contributed by atoms with Crippen LogP contribution in [-0.4, -0.2) is 43.6 Å². The fraction of sp³-hybridized carbons (Fsp3) is 0.333. The summed E-state index contributed by atoms with van der Waals surface area (Å²) in [6.45, 7) is 0.293. The van der Waals surface area contributed by atoms with Gasteiger partial charge in [0.15, 0.2) is 0 Å². The Morgan fingerprint density at radius 1 is 1.21 bits per heavy atom. The number of ether oxygens (including phenoxy) is 1. The van der Waals surface area contributed by atoms with E-state index in [1.165, 1.54) is 4.68 Å². The molecule has 2 bridgehead atoms. The van der Waals surface area contributed by atoms with E-state index in [4.69, 9.17) is 16.3 Å². The molecular formula is C15H14ClN3O5. The normalized spacial score (nSPS) is 15.7. The lowest BCUT2D eigenvalue weighted by Crippen LogP contribution is -2.15. The molecule has 0 radical (unpaired) electrons. The number of phenols is 2. The third kappa shape index (κ3) is 3.18. The van der Waals surface area contributed by atoms with E-state index in [9.17, 15) is 19.8 Å². The zero-order chi connectivity index (χ0) is 17.3. The van der Waals surface area contributed by atoms with Gasteiger partial charge in [-0.05, 0) is 0 Å². The molecule has 0 unspecified atom stereocenters. The first kappa shape index (κ1) is 16.3. The lowest BCUT2D eigenvalue weighted by molar-refractivity contribution is -0.118. The Labute approximate surface area is 141 Å². The van der Waals surface area contributed by atoms with E-state index in [2.05, 4.69) is 10.3 Å². The molecule has 2 aromatic rings. The van der Waals surface area contributed by atoms with E-state index >= 15 is 0 Å². The Morgan fingerprint density at radius 3 is 2.79 bits per heavy atom. The largest absolute Gasteiger partial charge is 0.507 e. The van der Waals surface area contributed by atoms with E-state index in [0.717, 1.165) is 6.07 Å². The Balaban J connectivity index is 2.01. The summed E-state index contributed by atoms with van der Waals surface area (Å²) in [5.74, 6) is -1.93. The number of carbonyl (C=O) groups excluding carboxylic acids is 2. The van der Waals surface area contributed by atoms with Gasteiger partial charge in [-0.3, -0.25) is 4.79 Å². The predicted octanol–water partition coefficient (Wildman–Crippen LogP) is 1.26. The van der Waals surface area contributed by atoms with Gasteiger partial charge in [-0.15, -0.1) is 5.10 Å². The Morgan fingerprint density at radius 2 is 2.00 bits per heavy atom. The molecule has 1 aromatic carbocycles. The molecule has 2 N–H and O–H groups in total. The summed E-state index contributed by atoms with van der Waals surface area (Å²) in [4.78, 5) is 24.5. The van der Waals surface area contributed by atoms with Crippen LogP contribution in [0.3, 0.4) is 0 Å². The molecule has 8 nitrogen and oxygen atoms in total. The van der Waals surface area contributed by atoms with Gasteiger partial charge in [0.05, 0.1) is 17.3 Å². The number of ketones is 1. The van der Waals surface area contributed by atoms with Crippen LogP contribution in [0.2, 0.25) is 5.02 Å². The molecule has 9 heteroatoms. The number of aryl methyl sites for hydroxylation is 1. The van der Waals surface area contributed by atoms with E-state index < -0.39 is 17.5 Å². The molecule has 3 rings (SSSR count). The van der Waals surface area contributed by atoms with E-state index in [1.54, 1.807) is 6.20 Å². The fourth-order valence-electron chi connectivity index (χ4n) is 2.50. The molecule has 1 aliphatic heterocycles. The van der Waals surface area contributed by atoms with Crippen molar-refractivity contribution in [1.82, 2.24) is 15.0 Å². The molecule has 0 saturated carbocycles. The van der Waals surface area contributed by atoms with Gasteiger partial charge in [0.1, 0.15) is 29.5 Å².